The molecule has 2 rings (SSSR count). The first-order valence-electron chi connectivity index (χ1n) is 7.24. The summed E-state index contributed by atoms with van der Waals surface area (Å²) in [4.78, 5) is 1.90. The molecule has 1 fully saturated rings. The Balaban J connectivity index is 0.00000242. The number of piperazine rings is 1. The number of ether oxygens (including phenoxy) is 1. The number of benzene rings is 1. The minimum atomic E-state index is -4.17. The summed E-state index contributed by atoms with van der Waals surface area (Å²) in [7, 11) is 0. The molecule has 8 heteroatoms. The van der Waals surface area contributed by atoms with Crippen LogP contribution in [-0.4, -0.2) is 43.9 Å². The first-order chi connectivity index (χ1) is 9.99. The third-order valence-electron chi connectivity index (χ3n) is 3.59. The molecule has 0 amide bonds. The van der Waals surface area contributed by atoms with Crippen LogP contribution in [0.4, 0.5) is 13.2 Å². The van der Waals surface area contributed by atoms with E-state index in [0.29, 0.717) is 31.0 Å². The molecular formula is C15H23Cl2F3N2O. The van der Waals surface area contributed by atoms with Crippen molar-refractivity contribution < 1.29 is 17.9 Å². The van der Waals surface area contributed by atoms with Crippen LogP contribution >= 0.6 is 24.8 Å². The van der Waals surface area contributed by atoms with Gasteiger partial charge < -0.3 is 10.1 Å². The summed E-state index contributed by atoms with van der Waals surface area (Å²) in [5.41, 5.74) is 0.692. The Morgan fingerprint density at radius 1 is 1.13 bits per heavy atom. The normalized spacial score (nSPS) is 16.9. The van der Waals surface area contributed by atoms with Crippen LogP contribution in [0.25, 0.3) is 0 Å². The van der Waals surface area contributed by atoms with Gasteiger partial charge in [0.15, 0.2) is 0 Å². The molecule has 1 aromatic carbocycles. The first kappa shape index (κ1) is 22.3. The first-order valence-corrected chi connectivity index (χ1v) is 7.24. The van der Waals surface area contributed by atoms with Crippen LogP contribution in [0.2, 0.25) is 0 Å². The molecule has 23 heavy (non-hydrogen) atoms. The second kappa shape index (κ2) is 10.2. The van der Waals surface area contributed by atoms with E-state index in [1.807, 2.05) is 11.8 Å². The lowest BCUT2D eigenvalue weighted by Crippen LogP contribution is -2.46. The van der Waals surface area contributed by atoms with Crippen molar-refractivity contribution in [2.75, 3.05) is 32.8 Å². The summed E-state index contributed by atoms with van der Waals surface area (Å²) in [5, 5.41) is 3.17. The summed E-state index contributed by atoms with van der Waals surface area (Å²) in [6.07, 6.45) is -4.99. The number of alkyl halides is 3. The quantitative estimate of drug-likeness (QED) is 0.847. The zero-order valence-corrected chi connectivity index (χ0v) is 14.6. The van der Waals surface area contributed by atoms with Gasteiger partial charge in [-0.15, -0.1) is 24.8 Å². The zero-order valence-electron chi connectivity index (χ0n) is 12.9. The smallest absolute Gasteiger partial charge is 0.390 e. The van der Waals surface area contributed by atoms with Crippen molar-refractivity contribution in [2.45, 2.75) is 25.6 Å². The highest BCUT2D eigenvalue weighted by molar-refractivity contribution is 5.85. The van der Waals surface area contributed by atoms with E-state index in [1.165, 1.54) is 0 Å². The predicted octanol–water partition coefficient (Wildman–Crippen LogP) is 3.83. The minimum absolute atomic E-state index is 0. The van der Waals surface area contributed by atoms with Gasteiger partial charge in [-0.25, -0.2) is 0 Å². The van der Waals surface area contributed by atoms with E-state index in [4.69, 9.17) is 4.74 Å². The van der Waals surface area contributed by atoms with Gasteiger partial charge in [-0.3, -0.25) is 4.90 Å². The Morgan fingerprint density at radius 2 is 1.70 bits per heavy atom. The van der Waals surface area contributed by atoms with Crippen LogP contribution in [-0.2, 0) is 0 Å². The molecule has 0 spiro atoms. The van der Waals surface area contributed by atoms with Crippen molar-refractivity contribution >= 4 is 24.8 Å². The lowest BCUT2D eigenvalue weighted by Gasteiger charge is -2.35. The number of hydrogen-bond acceptors (Lipinski definition) is 3. The fourth-order valence-corrected chi connectivity index (χ4v) is 2.62. The molecule has 134 valence electrons. The highest BCUT2D eigenvalue weighted by Crippen LogP contribution is 2.34. The van der Waals surface area contributed by atoms with Crippen LogP contribution in [0, 0.1) is 0 Å². The Hall–Kier alpha value is -0.690. The largest absolute Gasteiger partial charge is 0.494 e. The van der Waals surface area contributed by atoms with E-state index in [0.717, 1.165) is 13.1 Å². The Bertz CT molecular complexity index is 437. The fourth-order valence-electron chi connectivity index (χ4n) is 2.62. The summed E-state index contributed by atoms with van der Waals surface area (Å²) < 4.78 is 44.0. The van der Waals surface area contributed by atoms with Crippen LogP contribution in [0.3, 0.4) is 0 Å². The predicted molar refractivity (Wildman–Crippen MR) is 90.0 cm³/mol. The topological polar surface area (TPSA) is 24.5 Å². The van der Waals surface area contributed by atoms with Crippen molar-refractivity contribution in [2.24, 2.45) is 0 Å². The molecule has 1 saturated heterocycles. The Kier molecular flexibility index (Phi) is 9.93. The van der Waals surface area contributed by atoms with Crippen molar-refractivity contribution in [3.8, 4) is 5.75 Å². The number of hydrogen-bond donors (Lipinski definition) is 1. The van der Waals surface area contributed by atoms with Crippen molar-refractivity contribution in [1.82, 2.24) is 10.2 Å². The van der Waals surface area contributed by atoms with Gasteiger partial charge in [0.25, 0.3) is 0 Å². The van der Waals surface area contributed by atoms with Crippen LogP contribution < -0.4 is 10.1 Å². The second-order valence-corrected chi connectivity index (χ2v) is 5.12. The average Bonchev–Trinajstić information content (AvgIpc) is 2.46. The molecule has 1 N–H and O–H groups in total. The zero-order chi connectivity index (χ0) is 15.3. The van der Waals surface area contributed by atoms with Crippen LogP contribution in [0.5, 0.6) is 5.75 Å². The molecule has 0 unspecified atom stereocenters. The van der Waals surface area contributed by atoms with Crippen molar-refractivity contribution in [1.29, 1.82) is 0 Å². The fraction of sp³-hybridized carbons (Fsp3) is 0.600. The van der Waals surface area contributed by atoms with Gasteiger partial charge in [0, 0.05) is 32.2 Å². The van der Waals surface area contributed by atoms with E-state index >= 15 is 0 Å². The standard InChI is InChI=1S/C15H21F3N2O.2ClH/c1-2-21-13-5-3-12(4-6-13)14(11-15(16,17)18)20-9-7-19-8-10-20;;/h3-6,14,19H,2,7-11H2,1H3;2*1H/t14-;;/m0../s1. The Morgan fingerprint density at radius 3 is 2.17 bits per heavy atom. The van der Waals surface area contributed by atoms with E-state index in [9.17, 15) is 13.2 Å². The van der Waals surface area contributed by atoms with E-state index in [2.05, 4.69) is 5.32 Å². The maximum Gasteiger partial charge on any atom is 0.390 e. The maximum absolute atomic E-state index is 12.9. The van der Waals surface area contributed by atoms with Gasteiger partial charge in [-0.2, -0.15) is 13.2 Å². The number of nitrogens with one attached hydrogen (secondary N) is 1. The summed E-state index contributed by atoms with van der Waals surface area (Å²) in [6.45, 7) is 5.14. The van der Waals surface area contributed by atoms with Crippen LogP contribution in [0.15, 0.2) is 24.3 Å². The molecule has 1 atom stereocenters. The molecule has 0 aliphatic carbocycles. The number of rotatable bonds is 5. The van der Waals surface area contributed by atoms with Gasteiger partial charge in [0.1, 0.15) is 5.75 Å². The van der Waals surface area contributed by atoms with Gasteiger partial charge in [0.2, 0.25) is 0 Å². The molecule has 0 bridgehead atoms. The molecule has 3 nitrogen and oxygen atoms in total. The van der Waals surface area contributed by atoms with Gasteiger partial charge in [0.05, 0.1) is 13.0 Å². The van der Waals surface area contributed by atoms with Gasteiger partial charge in [-0.1, -0.05) is 12.1 Å². The molecule has 1 aliphatic heterocycles. The molecule has 1 aliphatic rings. The molecule has 1 aromatic rings. The summed E-state index contributed by atoms with van der Waals surface area (Å²) >= 11 is 0. The number of nitrogens with zero attached hydrogens (tertiary/aromatic N) is 1. The van der Waals surface area contributed by atoms with Crippen LogP contribution in [0.1, 0.15) is 24.9 Å². The second-order valence-electron chi connectivity index (χ2n) is 5.12. The highest BCUT2D eigenvalue weighted by Gasteiger charge is 2.35. The molecule has 0 aromatic heterocycles. The molecule has 1 heterocycles. The van der Waals surface area contributed by atoms with E-state index in [1.54, 1.807) is 24.3 Å². The number of halogens is 5. The lowest BCUT2D eigenvalue weighted by atomic mass is 10.0. The molecular weight excluding hydrogens is 352 g/mol. The van der Waals surface area contributed by atoms with Crippen molar-refractivity contribution in [3.05, 3.63) is 29.8 Å². The maximum atomic E-state index is 12.9. The van der Waals surface area contributed by atoms with Gasteiger partial charge in [-0.05, 0) is 24.6 Å². The summed E-state index contributed by atoms with van der Waals surface area (Å²) in [6, 6.07) is 6.34. The molecule has 0 saturated carbocycles. The van der Waals surface area contributed by atoms with Gasteiger partial charge >= 0.3 is 6.18 Å². The minimum Gasteiger partial charge on any atom is -0.494 e. The molecule has 0 radical (unpaired) electrons. The SMILES string of the molecule is CCOc1ccc([C@H](CC(F)(F)F)N2CCNCC2)cc1.Cl.Cl. The highest BCUT2D eigenvalue weighted by atomic mass is 35.5. The van der Waals surface area contributed by atoms with E-state index in [-0.39, 0.29) is 24.8 Å². The van der Waals surface area contributed by atoms with Crippen molar-refractivity contribution in [3.63, 3.8) is 0 Å². The third-order valence-corrected chi connectivity index (χ3v) is 3.59. The monoisotopic (exact) mass is 374 g/mol. The third kappa shape index (κ3) is 7.16. The summed E-state index contributed by atoms with van der Waals surface area (Å²) in [5.74, 6) is 0.687. The lowest BCUT2D eigenvalue weighted by molar-refractivity contribution is -0.148. The Labute approximate surface area is 147 Å². The average molecular weight is 375 g/mol. The van der Waals surface area contributed by atoms with E-state index < -0.39 is 18.6 Å².